The van der Waals surface area contributed by atoms with E-state index in [0.29, 0.717) is 6.42 Å². The van der Waals surface area contributed by atoms with Gasteiger partial charge in [-0.1, -0.05) is 30.3 Å². The lowest BCUT2D eigenvalue weighted by atomic mass is 10.0. The molecule has 0 radical (unpaired) electrons. The van der Waals surface area contributed by atoms with Crippen molar-refractivity contribution in [3.63, 3.8) is 0 Å². The molecule has 44 heavy (non-hydrogen) atoms. The third-order valence-electron chi connectivity index (χ3n) is 7.07. The maximum atomic E-state index is 12.9. The predicted octanol–water partition coefficient (Wildman–Crippen LogP) is 3.13. The number of ether oxygens (including phenoxy) is 3. The SMILES string of the molecule is CC(C)(C)OC(=O)N(C(=O)OC(C)(C)C)C1CCN(C(=O)OC(=O)[C@@H]2C[C@@H](NC(=O)[C@H](O)CCc3ccccc3)CN2)CC1. The van der Waals surface area contributed by atoms with Crippen molar-refractivity contribution >= 4 is 30.2 Å². The van der Waals surface area contributed by atoms with Crippen molar-refractivity contribution in [3.05, 3.63) is 35.9 Å². The maximum absolute atomic E-state index is 12.9. The Hall–Kier alpha value is -3.71. The molecule has 2 aliphatic rings. The highest BCUT2D eigenvalue weighted by molar-refractivity contribution is 5.89. The first-order chi connectivity index (χ1) is 20.5. The number of likely N-dealkylation sites (tertiary alicyclic amines) is 1. The monoisotopic (exact) mass is 618 g/mol. The first kappa shape index (κ1) is 34.8. The summed E-state index contributed by atoms with van der Waals surface area (Å²) < 4.78 is 16.0. The molecule has 1 aromatic carbocycles. The van der Waals surface area contributed by atoms with Gasteiger partial charge in [-0.05, 0) is 79.2 Å². The van der Waals surface area contributed by atoms with Gasteiger partial charge in [0.05, 0.1) is 0 Å². The van der Waals surface area contributed by atoms with Gasteiger partial charge in [-0.15, -0.1) is 0 Å². The molecular formula is C31H46N4O9. The number of hydrogen-bond acceptors (Lipinski definition) is 10. The van der Waals surface area contributed by atoms with E-state index in [-0.39, 0.29) is 45.3 Å². The van der Waals surface area contributed by atoms with E-state index in [1.807, 2.05) is 30.3 Å². The first-order valence-corrected chi connectivity index (χ1v) is 15.0. The molecule has 3 N–H and O–H groups in total. The van der Waals surface area contributed by atoms with Crippen molar-refractivity contribution in [2.24, 2.45) is 0 Å². The molecular weight excluding hydrogens is 572 g/mol. The number of esters is 1. The lowest BCUT2D eigenvalue weighted by molar-refractivity contribution is -0.140. The van der Waals surface area contributed by atoms with E-state index in [4.69, 9.17) is 14.2 Å². The third kappa shape index (κ3) is 10.8. The zero-order valence-corrected chi connectivity index (χ0v) is 26.5. The van der Waals surface area contributed by atoms with Crippen LogP contribution in [0.5, 0.6) is 0 Å². The molecule has 4 amide bonds. The number of imide groups is 1. The Kier molecular flexibility index (Phi) is 11.7. The number of nitrogens with zero attached hydrogens (tertiary/aromatic N) is 2. The molecule has 3 atom stereocenters. The quantitative estimate of drug-likeness (QED) is 0.235. The van der Waals surface area contributed by atoms with E-state index in [2.05, 4.69) is 10.6 Å². The van der Waals surface area contributed by atoms with Crippen molar-refractivity contribution < 1.29 is 43.3 Å². The van der Waals surface area contributed by atoms with Gasteiger partial charge in [0.25, 0.3) is 0 Å². The van der Waals surface area contributed by atoms with E-state index < -0.39 is 65.6 Å². The number of carbonyl (C=O) groups excluding carboxylic acids is 5. The average molecular weight is 619 g/mol. The summed E-state index contributed by atoms with van der Waals surface area (Å²) in [5.41, 5.74) is -0.650. The Morgan fingerprint density at radius 1 is 0.977 bits per heavy atom. The van der Waals surface area contributed by atoms with Crippen molar-refractivity contribution in [1.82, 2.24) is 20.4 Å². The molecule has 2 fully saturated rings. The maximum Gasteiger partial charge on any atom is 0.420 e. The van der Waals surface area contributed by atoms with Crippen LogP contribution in [0.3, 0.4) is 0 Å². The van der Waals surface area contributed by atoms with Gasteiger partial charge >= 0.3 is 24.2 Å². The summed E-state index contributed by atoms with van der Waals surface area (Å²) >= 11 is 0. The van der Waals surface area contributed by atoms with Crippen LogP contribution in [0.2, 0.25) is 0 Å². The van der Waals surface area contributed by atoms with Gasteiger partial charge in [-0.3, -0.25) is 4.79 Å². The first-order valence-electron chi connectivity index (χ1n) is 15.0. The Labute approximate surface area is 258 Å². The van der Waals surface area contributed by atoms with E-state index in [0.717, 1.165) is 10.5 Å². The second kappa shape index (κ2) is 14.8. The molecule has 0 aliphatic carbocycles. The van der Waals surface area contributed by atoms with Crippen LogP contribution in [0, 0.1) is 0 Å². The number of aliphatic hydroxyl groups excluding tert-OH is 1. The van der Waals surface area contributed by atoms with Crippen molar-refractivity contribution in [1.29, 1.82) is 0 Å². The standard InChI is InChI=1S/C31H46N4O9/c1-30(2,3)43-28(40)35(29(41)44-31(4,5)6)22-14-16-34(17-15-22)27(39)42-26(38)23-18-21(19-32-23)33-25(37)24(36)13-12-20-10-8-7-9-11-20/h7-11,21-24,32,36H,12-19H2,1-6H3,(H,33,37)/t21-,23+,24-/m1/s1. The number of rotatable bonds is 7. The topological polar surface area (TPSA) is 164 Å². The van der Waals surface area contributed by atoms with Crippen LogP contribution in [-0.4, -0.2) is 100 Å². The van der Waals surface area contributed by atoms with Gasteiger partial charge in [0.15, 0.2) is 0 Å². The minimum atomic E-state index is -1.19. The van der Waals surface area contributed by atoms with Crippen molar-refractivity contribution in [3.8, 4) is 0 Å². The molecule has 2 heterocycles. The summed E-state index contributed by atoms with van der Waals surface area (Å²) in [6.07, 6.45) is -2.19. The molecule has 13 heteroatoms. The summed E-state index contributed by atoms with van der Waals surface area (Å²) in [6, 6.07) is 7.73. The third-order valence-corrected chi connectivity index (χ3v) is 7.07. The van der Waals surface area contributed by atoms with Crippen LogP contribution in [0.15, 0.2) is 30.3 Å². The normalized spacial score (nSPS) is 19.9. The minimum absolute atomic E-state index is 0.135. The van der Waals surface area contributed by atoms with Gasteiger partial charge in [-0.2, -0.15) is 0 Å². The predicted molar refractivity (Wildman–Crippen MR) is 159 cm³/mol. The highest BCUT2D eigenvalue weighted by Gasteiger charge is 2.40. The highest BCUT2D eigenvalue weighted by Crippen LogP contribution is 2.23. The number of carbonyl (C=O) groups is 5. The summed E-state index contributed by atoms with van der Waals surface area (Å²) in [7, 11) is 0. The Bertz CT molecular complexity index is 1140. The smallest absolute Gasteiger partial charge is 0.420 e. The van der Waals surface area contributed by atoms with Crippen LogP contribution >= 0.6 is 0 Å². The van der Waals surface area contributed by atoms with E-state index >= 15 is 0 Å². The summed E-state index contributed by atoms with van der Waals surface area (Å²) in [6.45, 7) is 10.7. The second-order valence-electron chi connectivity index (χ2n) is 13.2. The van der Waals surface area contributed by atoms with Crippen LogP contribution in [0.1, 0.15) is 72.8 Å². The molecule has 3 rings (SSSR count). The lowest BCUT2D eigenvalue weighted by Crippen LogP contribution is -2.53. The van der Waals surface area contributed by atoms with Gasteiger partial charge in [0.1, 0.15) is 23.3 Å². The fourth-order valence-corrected chi connectivity index (χ4v) is 4.93. The highest BCUT2D eigenvalue weighted by atomic mass is 16.6. The average Bonchev–Trinajstić information content (AvgIpc) is 3.39. The number of hydrogen-bond donors (Lipinski definition) is 3. The van der Waals surface area contributed by atoms with Crippen LogP contribution < -0.4 is 10.6 Å². The van der Waals surface area contributed by atoms with Crippen LogP contribution in [-0.2, 0) is 30.2 Å². The molecule has 0 aromatic heterocycles. The van der Waals surface area contributed by atoms with E-state index in [1.54, 1.807) is 41.5 Å². The summed E-state index contributed by atoms with van der Waals surface area (Å²) in [4.78, 5) is 66.1. The zero-order chi connectivity index (χ0) is 32.7. The van der Waals surface area contributed by atoms with Crippen molar-refractivity contribution in [2.75, 3.05) is 19.6 Å². The Morgan fingerprint density at radius 3 is 2.09 bits per heavy atom. The van der Waals surface area contributed by atoms with Gasteiger partial charge < -0.3 is 34.9 Å². The molecule has 2 saturated heterocycles. The number of amides is 4. The van der Waals surface area contributed by atoms with Crippen LogP contribution in [0.4, 0.5) is 14.4 Å². The molecule has 244 valence electrons. The molecule has 0 saturated carbocycles. The largest absolute Gasteiger partial charge is 0.443 e. The molecule has 1 aromatic rings. The lowest BCUT2D eigenvalue weighted by Gasteiger charge is -2.37. The molecule has 2 aliphatic heterocycles. The summed E-state index contributed by atoms with van der Waals surface area (Å²) in [5, 5.41) is 16.0. The number of piperidine rings is 1. The van der Waals surface area contributed by atoms with Gasteiger partial charge in [0, 0.05) is 31.7 Å². The fraction of sp³-hybridized carbons (Fsp3) is 0.645. The fourth-order valence-electron chi connectivity index (χ4n) is 4.93. The van der Waals surface area contributed by atoms with E-state index in [1.165, 1.54) is 4.90 Å². The number of aliphatic hydroxyl groups is 1. The van der Waals surface area contributed by atoms with Gasteiger partial charge in [0.2, 0.25) is 5.91 Å². The van der Waals surface area contributed by atoms with Gasteiger partial charge in [-0.25, -0.2) is 24.1 Å². The zero-order valence-electron chi connectivity index (χ0n) is 26.5. The molecule has 13 nitrogen and oxygen atoms in total. The van der Waals surface area contributed by atoms with Crippen molar-refractivity contribution in [2.45, 2.75) is 109 Å². The second-order valence-corrected chi connectivity index (χ2v) is 13.2. The molecule has 0 bridgehead atoms. The molecule has 0 spiro atoms. The van der Waals surface area contributed by atoms with E-state index in [9.17, 15) is 29.1 Å². The van der Waals surface area contributed by atoms with Crippen LogP contribution in [0.25, 0.3) is 0 Å². The Morgan fingerprint density at radius 2 is 1.55 bits per heavy atom. The number of aryl methyl sites for hydroxylation is 1. The Balaban J connectivity index is 1.46. The number of nitrogens with one attached hydrogen (secondary N) is 2. The summed E-state index contributed by atoms with van der Waals surface area (Å²) in [5.74, 6) is -1.30. The minimum Gasteiger partial charge on any atom is -0.443 e. The molecule has 0 unspecified atom stereocenters. The number of benzene rings is 1.